The molecule has 0 spiro atoms. The summed E-state index contributed by atoms with van der Waals surface area (Å²) < 4.78 is 27.1. The Hall–Kier alpha value is 0.0169. The van der Waals surface area contributed by atoms with Gasteiger partial charge in [-0.1, -0.05) is 0 Å². The van der Waals surface area contributed by atoms with Crippen molar-refractivity contribution in [1.29, 1.82) is 0 Å². The van der Waals surface area contributed by atoms with Crippen LogP contribution >= 0.6 is 0 Å². The van der Waals surface area contributed by atoms with Crippen LogP contribution in [-0.2, 0) is 23.4 Å². The van der Waals surface area contributed by atoms with Gasteiger partial charge in [0.25, 0.3) is 0 Å². The van der Waals surface area contributed by atoms with Gasteiger partial charge in [-0.15, -0.1) is 0 Å². The minimum Gasteiger partial charge on any atom is -0.415 e. The zero-order valence-electron chi connectivity index (χ0n) is 14.5. The van der Waals surface area contributed by atoms with Crippen molar-refractivity contribution >= 4 is 8.32 Å². The van der Waals surface area contributed by atoms with E-state index in [1.807, 2.05) is 0 Å². The van der Waals surface area contributed by atoms with E-state index in [1.165, 1.54) is 0 Å². The summed E-state index contributed by atoms with van der Waals surface area (Å²) in [5.74, 6) is 0. The van der Waals surface area contributed by atoms with Crippen LogP contribution in [0.4, 0.5) is 0 Å². The van der Waals surface area contributed by atoms with Gasteiger partial charge in [-0.3, -0.25) is 0 Å². The zero-order valence-corrected chi connectivity index (χ0v) is 15.5. The second-order valence-electron chi connectivity index (χ2n) is 5.86. The average Bonchev–Trinajstić information content (AvgIpc) is 2.38. The van der Waals surface area contributed by atoms with Crippen molar-refractivity contribution in [2.75, 3.05) is 53.4 Å². The summed E-state index contributed by atoms with van der Waals surface area (Å²) in [6, 6.07) is 1.14. The molecule has 0 aliphatic heterocycles. The molecule has 0 heterocycles. The fourth-order valence-corrected chi connectivity index (χ4v) is 4.37. The predicted molar refractivity (Wildman–Crippen MR) is 87.5 cm³/mol. The maximum absolute atomic E-state index is 5.97. The molecule has 0 aromatic carbocycles. The van der Waals surface area contributed by atoms with Crippen molar-refractivity contribution in [2.24, 2.45) is 0 Å². The molecule has 0 fully saturated rings. The Morgan fingerprint density at radius 2 is 1.24 bits per heavy atom. The van der Waals surface area contributed by atoms with E-state index in [-0.39, 0.29) is 0 Å². The lowest BCUT2D eigenvalue weighted by Crippen LogP contribution is -2.33. The number of methoxy groups -OCH3 is 1. The van der Waals surface area contributed by atoms with E-state index in [2.05, 4.69) is 26.9 Å². The first-order chi connectivity index (χ1) is 9.98. The van der Waals surface area contributed by atoms with Crippen LogP contribution in [-0.4, -0.2) is 67.8 Å². The lowest BCUT2D eigenvalue weighted by Gasteiger charge is -2.25. The molecular weight excluding hydrogens is 288 g/mol. The number of hydrogen-bond donors (Lipinski definition) is 0. The molecule has 0 aliphatic rings. The normalized spacial score (nSPS) is 12.3. The Morgan fingerprint density at radius 3 is 1.71 bits per heavy atom. The van der Waals surface area contributed by atoms with E-state index >= 15 is 0 Å². The number of hydrogen-bond acceptors (Lipinski definition) is 5. The first-order valence-electron chi connectivity index (χ1n) is 7.88. The highest BCUT2D eigenvalue weighted by Crippen LogP contribution is 2.15. The number of ether oxygens (including phenoxy) is 4. The predicted octanol–water partition coefficient (Wildman–Crippen LogP) is 2.70. The van der Waals surface area contributed by atoms with Crippen LogP contribution in [0.15, 0.2) is 0 Å². The molecule has 128 valence electrons. The third-order valence-electron chi connectivity index (χ3n) is 2.80. The maximum atomic E-state index is 5.97. The molecule has 0 aromatic rings. The van der Waals surface area contributed by atoms with Crippen LogP contribution in [0, 0.1) is 0 Å². The minimum atomic E-state index is -1.50. The van der Waals surface area contributed by atoms with Crippen molar-refractivity contribution in [1.82, 2.24) is 0 Å². The van der Waals surface area contributed by atoms with Crippen molar-refractivity contribution < 1.29 is 23.4 Å². The molecule has 0 bridgehead atoms. The quantitative estimate of drug-likeness (QED) is 0.343. The van der Waals surface area contributed by atoms with Crippen molar-refractivity contribution in [3.63, 3.8) is 0 Å². The first kappa shape index (κ1) is 21.0. The summed E-state index contributed by atoms with van der Waals surface area (Å²) in [4.78, 5) is 0. The fraction of sp³-hybridized carbons (Fsp3) is 1.00. The van der Waals surface area contributed by atoms with Gasteiger partial charge in [0, 0.05) is 19.8 Å². The molecule has 5 nitrogen and oxygen atoms in total. The summed E-state index contributed by atoms with van der Waals surface area (Å²) in [6.45, 7) is 13.2. The van der Waals surface area contributed by atoms with E-state index in [0.29, 0.717) is 45.7 Å². The molecule has 0 aromatic heterocycles. The van der Waals surface area contributed by atoms with Gasteiger partial charge in [0.05, 0.1) is 39.6 Å². The highest BCUT2D eigenvalue weighted by molar-refractivity contribution is 6.71. The van der Waals surface area contributed by atoms with Gasteiger partial charge < -0.3 is 23.4 Å². The Morgan fingerprint density at radius 1 is 0.762 bits per heavy atom. The molecule has 0 N–H and O–H groups in total. The van der Waals surface area contributed by atoms with E-state index in [1.54, 1.807) is 7.11 Å². The smallest absolute Gasteiger partial charge is 0.187 e. The largest absolute Gasteiger partial charge is 0.415 e. The molecule has 21 heavy (non-hydrogen) atoms. The molecule has 0 aliphatic carbocycles. The summed E-state index contributed by atoms with van der Waals surface area (Å²) in [7, 11) is 0.161. The maximum Gasteiger partial charge on any atom is 0.187 e. The molecular formula is C15H34O5Si. The summed E-state index contributed by atoms with van der Waals surface area (Å²) in [5, 5.41) is 0. The van der Waals surface area contributed by atoms with Crippen LogP contribution in [0.1, 0.15) is 20.3 Å². The van der Waals surface area contributed by atoms with Gasteiger partial charge in [0.1, 0.15) is 0 Å². The third kappa shape index (κ3) is 16.2. The lowest BCUT2D eigenvalue weighted by molar-refractivity contribution is 0.00367. The van der Waals surface area contributed by atoms with Crippen molar-refractivity contribution in [3.8, 4) is 0 Å². The zero-order chi connectivity index (χ0) is 16.0. The summed E-state index contributed by atoms with van der Waals surface area (Å²) in [6.07, 6.45) is 1.39. The molecule has 0 atom stereocenters. The van der Waals surface area contributed by atoms with E-state index in [0.717, 1.165) is 19.1 Å². The summed E-state index contributed by atoms with van der Waals surface area (Å²) >= 11 is 0. The molecule has 0 radical (unpaired) electrons. The Bertz CT molecular complexity index is 224. The molecule has 0 saturated carbocycles. The molecule has 6 heteroatoms. The van der Waals surface area contributed by atoms with E-state index < -0.39 is 8.32 Å². The molecule has 0 unspecified atom stereocenters. The van der Waals surface area contributed by atoms with Gasteiger partial charge in [-0.2, -0.15) is 0 Å². The van der Waals surface area contributed by atoms with E-state index in [9.17, 15) is 0 Å². The molecule has 0 amide bonds. The topological polar surface area (TPSA) is 46.2 Å². The van der Waals surface area contributed by atoms with Gasteiger partial charge in [0.2, 0.25) is 0 Å². The Kier molecular flexibility index (Phi) is 13.7. The van der Waals surface area contributed by atoms with Crippen molar-refractivity contribution in [3.05, 3.63) is 0 Å². The lowest BCUT2D eigenvalue weighted by atomic mass is 10.5. The molecule has 0 rings (SSSR count). The van der Waals surface area contributed by atoms with Gasteiger partial charge in [-0.05, 0) is 39.4 Å². The Labute approximate surface area is 131 Å². The van der Waals surface area contributed by atoms with Crippen LogP contribution in [0.25, 0.3) is 0 Å². The molecule has 0 saturated heterocycles. The average molecular weight is 323 g/mol. The Balaban J connectivity index is 3.22. The third-order valence-corrected chi connectivity index (χ3v) is 5.47. The minimum absolute atomic E-state index is 0.326. The van der Waals surface area contributed by atoms with Crippen LogP contribution in [0.3, 0.4) is 0 Å². The monoisotopic (exact) mass is 322 g/mol. The second-order valence-corrected chi connectivity index (χ2v) is 10.1. The van der Waals surface area contributed by atoms with Crippen LogP contribution < -0.4 is 0 Å². The second kappa shape index (κ2) is 13.7. The van der Waals surface area contributed by atoms with Crippen LogP contribution in [0.5, 0.6) is 0 Å². The SMILES string of the molecule is COCCOCCOCCOCCC[Si](C)(C)OC(C)C. The van der Waals surface area contributed by atoms with Gasteiger partial charge in [0.15, 0.2) is 8.32 Å². The first-order valence-corrected chi connectivity index (χ1v) is 11.0. The summed E-state index contributed by atoms with van der Waals surface area (Å²) in [5.41, 5.74) is 0. The van der Waals surface area contributed by atoms with Crippen molar-refractivity contribution in [2.45, 2.75) is 45.5 Å². The standard InChI is InChI=1S/C15H34O5Si/c1-15(2)20-21(4,5)14-6-7-17-10-11-19-13-12-18-9-8-16-3/h15H,6-14H2,1-5H3. The number of rotatable bonds is 15. The van der Waals surface area contributed by atoms with Gasteiger partial charge in [-0.25, -0.2) is 0 Å². The fourth-order valence-electron chi connectivity index (χ4n) is 1.98. The van der Waals surface area contributed by atoms with Gasteiger partial charge >= 0.3 is 0 Å². The highest BCUT2D eigenvalue weighted by Gasteiger charge is 2.22. The van der Waals surface area contributed by atoms with E-state index in [4.69, 9.17) is 23.4 Å². The van der Waals surface area contributed by atoms with Crippen LogP contribution in [0.2, 0.25) is 19.1 Å². The highest BCUT2D eigenvalue weighted by atomic mass is 28.4.